The molecule has 8 heteroatoms. The molecule has 2 aromatic rings. The lowest BCUT2D eigenvalue weighted by Crippen LogP contribution is -3.11. The van der Waals surface area contributed by atoms with Gasteiger partial charge in [-0.25, -0.2) is 0 Å². The van der Waals surface area contributed by atoms with E-state index in [9.17, 15) is 9.59 Å². The van der Waals surface area contributed by atoms with Crippen molar-refractivity contribution in [1.29, 1.82) is 0 Å². The van der Waals surface area contributed by atoms with Gasteiger partial charge in [-0.1, -0.05) is 23.7 Å². The molecule has 1 unspecified atom stereocenters. The van der Waals surface area contributed by atoms with Crippen LogP contribution in [0.25, 0.3) is 0 Å². The molecule has 2 rings (SSSR count). The fraction of sp³-hybridized carbons (Fsp3) is 0.263. The predicted molar refractivity (Wildman–Crippen MR) is 105 cm³/mol. The Morgan fingerprint density at radius 2 is 1.59 bits per heavy atom. The molecule has 2 aromatic carbocycles. The van der Waals surface area contributed by atoms with E-state index in [0.29, 0.717) is 27.9 Å². The third kappa shape index (κ3) is 6.16. The maximum Gasteiger partial charge on any atom is 0.279 e. The first-order valence-electron chi connectivity index (χ1n) is 8.30. The zero-order valence-electron chi connectivity index (χ0n) is 15.5. The summed E-state index contributed by atoms with van der Waals surface area (Å²) in [6, 6.07) is 12.1. The molecule has 2 amide bonds. The maximum atomic E-state index is 12.3. The van der Waals surface area contributed by atoms with Gasteiger partial charge in [0.15, 0.2) is 13.1 Å². The first-order chi connectivity index (χ1) is 12.9. The van der Waals surface area contributed by atoms with Crippen LogP contribution in [0.3, 0.4) is 0 Å². The Bertz CT molecular complexity index is 813. The van der Waals surface area contributed by atoms with Gasteiger partial charge in [0.05, 0.1) is 37.7 Å². The molecule has 0 aliphatic heterocycles. The maximum absolute atomic E-state index is 12.3. The van der Waals surface area contributed by atoms with Crippen molar-refractivity contribution >= 4 is 34.8 Å². The summed E-state index contributed by atoms with van der Waals surface area (Å²) in [5, 5.41) is 5.98. The number of ether oxygens (including phenoxy) is 2. The monoisotopic (exact) mass is 392 g/mol. The Balaban J connectivity index is 1.90. The minimum atomic E-state index is -0.246. The number of para-hydroxylation sites is 1. The first-order valence-corrected chi connectivity index (χ1v) is 8.68. The van der Waals surface area contributed by atoms with E-state index in [-0.39, 0.29) is 24.9 Å². The number of rotatable bonds is 8. The topological polar surface area (TPSA) is 81.1 Å². The summed E-state index contributed by atoms with van der Waals surface area (Å²) in [6.07, 6.45) is 0. The number of hydrogen-bond donors (Lipinski definition) is 3. The molecule has 27 heavy (non-hydrogen) atoms. The van der Waals surface area contributed by atoms with E-state index in [1.54, 1.807) is 56.6 Å². The molecule has 0 aromatic heterocycles. The summed E-state index contributed by atoms with van der Waals surface area (Å²) in [5.74, 6) is 0.654. The zero-order valence-corrected chi connectivity index (χ0v) is 16.2. The average molecular weight is 393 g/mol. The van der Waals surface area contributed by atoms with Gasteiger partial charge in [-0.2, -0.15) is 0 Å². The van der Waals surface area contributed by atoms with Crippen molar-refractivity contribution in [3.63, 3.8) is 0 Å². The molecule has 0 bridgehead atoms. The lowest BCUT2D eigenvalue weighted by atomic mass is 10.2. The van der Waals surface area contributed by atoms with Gasteiger partial charge in [0.2, 0.25) is 0 Å². The first kappa shape index (κ1) is 20.5. The summed E-state index contributed by atoms with van der Waals surface area (Å²) in [7, 11) is 4.82. The summed E-state index contributed by atoms with van der Waals surface area (Å²) >= 11 is 6.03. The van der Waals surface area contributed by atoms with Crippen LogP contribution in [0.1, 0.15) is 0 Å². The zero-order chi connectivity index (χ0) is 19.8. The lowest BCUT2D eigenvalue weighted by molar-refractivity contribution is -0.862. The van der Waals surface area contributed by atoms with Gasteiger partial charge in [-0.15, -0.1) is 0 Å². The molecule has 0 saturated carbocycles. The van der Waals surface area contributed by atoms with E-state index in [2.05, 4.69) is 10.6 Å². The lowest BCUT2D eigenvalue weighted by Gasteiger charge is -2.15. The molecule has 144 valence electrons. The second-order valence-electron chi connectivity index (χ2n) is 5.95. The van der Waals surface area contributed by atoms with Crippen LogP contribution in [0.5, 0.6) is 11.5 Å². The number of carbonyl (C=O) groups is 2. The van der Waals surface area contributed by atoms with Crippen molar-refractivity contribution in [3.8, 4) is 11.5 Å². The number of amides is 2. The highest BCUT2D eigenvalue weighted by Gasteiger charge is 2.16. The standard InChI is InChI=1S/C19H22ClN3O4/c1-23(11-18(24)21-15-7-5-4-6-14(15)20)12-19(25)22-16-10-13(26-2)8-9-17(16)27-3/h4-10H,11-12H2,1-3H3,(H,21,24)(H,22,25)/p+1. The fourth-order valence-corrected chi connectivity index (χ4v) is 2.66. The minimum Gasteiger partial charge on any atom is -0.497 e. The SMILES string of the molecule is COc1ccc(OC)c(NC(=O)C[NH+](C)CC(=O)Nc2ccccc2Cl)c1. The number of nitrogens with one attached hydrogen (secondary N) is 3. The van der Waals surface area contributed by atoms with E-state index in [4.69, 9.17) is 21.1 Å². The summed E-state index contributed by atoms with van der Waals surface area (Å²) in [5.41, 5.74) is 1.05. The highest BCUT2D eigenvalue weighted by Crippen LogP contribution is 2.28. The van der Waals surface area contributed by atoms with Crippen LogP contribution >= 0.6 is 11.6 Å². The molecule has 3 N–H and O–H groups in total. The van der Waals surface area contributed by atoms with Crippen molar-refractivity contribution in [3.05, 3.63) is 47.5 Å². The van der Waals surface area contributed by atoms with Crippen LogP contribution in [0.4, 0.5) is 11.4 Å². The molecule has 0 aliphatic rings. The van der Waals surface area contributed by atoms with E-state index in [0.717, 1.165) is 4.90 Å². The quantitative estimate of drug-likeness (QED) is 0.635. The average Bonchev–Trinajstić information content (AvgIpc) is 2.63. The van der Waals surface area contributed by atoms with E-state index >= 15 is 0 Å². The Kier molecular flexibility index (Phi) is 7.45. The normalized spacial score (nSPS) is 11.4. The van der Waals surface area contributed by atoms with Crippen LogP contribution in [0, 0.1) is 0 Å². The summed E-state index contributed by atoms with van der Waals surface area (Å²) < 4.78 is 10.4. The van der Waals surface area contributed by atoms with Crippen LogP contribution in [-0.4, -0.2) is 46.2 Å². The smallest absolute Gasteiger partial charge is 0.279 e. The molecule has 0 fully saturated rings. The molecule has 0 heterocycles. The van der Waals surface area contributed by atoms with Crippen molar-refractivity contribution < 1.29 is 24.0 Å². The summed E-state index contributed by atoms with van der Waals surface area (Å²) in [6.45, 7) is 0.226. The molecule has 0 spiro atoms. The van der Waals surface area contributed by atoms with Gasteiger partial charge in [-0.3, -0.25) is 9.59 Å². The highest BCUT2D eigenvalue weighted by atomic mass is 35.5. The molecule has 1 atom stereocenters. The Morgan fingerprint density at radius 1 is 0.963 bits per heavy atom. The third-order valence-electron chi connectivity index (χ3n) is 3.75. The third-order valence-corrected chi connectivity index (χ3v) is 4.08. The number of anilines is 2. The van der Waals surface area contributed by atoms with Gasteiger partial charge in [0, 0.05) is 6.07 Å². The van der Waals surface area contributed by atoms with Crippen molar-refractivity contribution in [1.82, 2.24) is 0 Å². The molecular formula is C19H23ClN3O4+. The van der Waals surface area contributed by atoms with Crippen LogP contribution < -0.4 is 25.0 Å². The number of carbonyl (C=O) groups excluding carboxylic acids is 2. The van der Waals surface area contributed by atoms with Gasteiger partial charge < -0.3 is 25.0 Å². The van der Waals surface area contributed by atoms with Crippen molar-refractivity contribution in [2.75, 3.05) is 45.0 Å². The Morgan fingerprint density at radius 3 is 2.19 bits per heavy atom. The van der Waals surface area contributed by atoms with Crippen LogP contribution in [0.15, 0.2) is 42.5 Å². The summed E-state index contributed by atoms with van der Waals surface area (Å²) in [4.78, 5) is 25.2. The Labute approximate surface area is 163 Å². The van der Waals surface area contributed by atoms with E-state index < -0.39 is 0 Å². The second-order valence-corrected chi connectivity index (χ2v) is 6.36. The molecule has 0 saturated heterocycles. The molecule has 0 aliphatic carbocycles. The van der Waals surface area contributed by atoms with Gasteiger partial charge in [0.25, 0.3) is 11.8 Å². The number of halogens is 1. The molecule has 7 nitrogen and oxygen atoms in total. The number of benzene rings is 2. The molecular weight excluding hydrogens is 370 g/mol. The van der Waals surface area contributed by atoms with Gasteiger partial charge in [-0.05, 0) is 24.3 Å². The van der Waals surface area contributed by atoms with Gasteiger partial charge in [0.1, 0.15) is 11.5 Å². The van der Waals surface area contributed by atoms with E-state index in [1.165, 1.54) is 7.11 Å². The number of likely N-dealkylation sites (N-methyl/N-ethyl adjacent to an activating group) is 1. The van der Waals surface area contributed by atoms with E-state index in [1.807, 2.05) is 0 Å². The number of quaternary nitrogens is 1. The second kappa shape index (κ2) is 9.80. The van der Waals surface area contributed by atoms with Crippen molar-refractivity contribution in [2.24, 2.45) is 0 Å². The highest BCUT2D eigenvalue weighted by molar-refractivity contribution is 6.33. The Hall–Kier alpha value is -2.77. The van der Waals surface area contributed by atoms with Gasteiger partial charge >= 0.3 is 0 Å². The van der Waals surface area contributed by atoms with Crippen molar-refractivity contribution in [2.45, 2.75) is 0 Å². The molecule has 0 radical (unpaired) electrons. The number of hydrogen-bond acceptors (Lipinski definition) is 4. The fourth-order valence-electron chi connectivity index (χ4n) is 2.47. The number of methoxy groups -OCH3 is 2. The predicted octanol–water partition coefficient (Wildman–Crippen LogP) is 1.45. The van der Waals surface area contributed by atoms with Crippen LogP contribution in [0.2, 0.25) is 5.02 Å². The largest absolute Gasteiger partial charge is 0.497 e. The van der Waals surface area contributed by atoms with Crippen LogP contribution in [-0.2, 0) is 9.59 Å². The minimum absolute atomic E-state index is 0.107.